The molecule has 30 heavy (non-hydrogen) atoms. The predicted octanol–water partition coefficient (Wildman–Crippen LogP) is 7.01. The first-order chi connectivity index (χ1) is 14.0. The molecule has 1 heterocycles. The molecule has 0 amide bonds. The lowest BCUT2D eigenvalue weighted by molar-refractivity contribution is -0.126. The van der Waals surface area contributed by atoms with Crippen molar-refractivity contribution in [1.29, 1.82) is 0 Å². The first-order valence-corrected chi connectivity index (χ1v) is 12.0. The van der Waals surface area contributed by atoms with Crippen molar-refractivity contribution in [3.8, 4) is 0 Å². The second-order valence-electron chi connectivity index (χ2n) is 9.57. The van der Waals surface area contributed by atoms with Crippen LogP contribution in [0.4, 0.5) is 0 Å². The molecule has 1 atom stereocenters. The molecule has 0 radical (unpaired) electrons. The molecule has 0 aromatic heterocycles. The van der Waals surface area contributed by atoms with Gasteiger partial charge in [-0.05, 0) is 61.6 Å². The van der Waals surface area contributed by atoms with Gasteiger partial charge < -0.3 is 4.74 Å². The quantitative estimate of drug-likeness (QED) is 0.416. The summed E-state index contributed by atoms with van der Waals surface area (Å²) in [5.74, 6) is 0.0503. The number of ether oxygens (including phenoxy) is 1. The lowest BCUT2D eigenvalue weighted by Crippen LogP contribution is -2.36. The fourth-order valence-electron chi connectivity index (χ4n) is 4.50. The largest absolute Gasteiger partial charge is 0.465 e. The number of rotatable bonds is 8. The summed E-state index contributed by atoms with van der Waals surface area (Å²) >= 11 is 1.98. The van der Waals surface area contributed by atoms with E-state index in [4.69, 9.17) is 4.74 Å². The Morgan fingerprint density at radius 2 is 1.77 bits per heavy atom. The molecule has 1 aromatic rings. The number of carbonyl (C=O) groups excluding carboxylic acids is 2. The van der Waals surface area contributed by atoms with Gasteiger partial charge in [-0.3, -0.25) is 4.79 Å². The normalized spacial score (nSPS) is 17.4. The van der Waals surface area contributed by atoms with E-state index in [-0.39, 0.29) is 16.8 Å². The van der Waals surface area contributed by atoms with Gasteiger partial charge in [0.2, 0.25) is 0 Å². The molecule has 0 N–H and O–H groups in total. The zero-order valence-corrected chi connectivity index (χ0v) is 20.8. The van der Waals surface area contributed by atoms with E-state index in [0.29, 0.717) is 23.0 Å². The van der Waals surface area contributed by atoms with E-state index in [2.05, 4.69) is 32.9 Å². The van der Waals surface area contributed by atoms with Gasteiger partial charge in [0.15, 0.2) is 0 Å². The van der Waals surface area contributed by atoms with Crippen LogP contribution in [0.15, 0.2) is 28.7 Å². The van der Waals surface area contributed by atoms with E-state index in [1.54, 1.807) is 0 Å². The van der Waals surface area contributed by atoms with Crippen LogP contribution in [0.25, 0.3) is 0 Å². The summed E-state index contributed by atoms with van der Waals surface area (Å²) in [5.41, 5.74) is 4.11. The standard InChI is InChI=1S/C26H38O3S/c1-9-26(10-2,19-11-12-20(17(3)15-19)24(28)29-8)23-16-18(4)21(30-23)13-14-22(27)25(5,6)7/h11-12,15,23H,9-10,13-14,16H2,1-8H3. The Hall–Kier alpha value is -1.55. The van der Waals surface area contributed by atoms with Crippen molar-refractivity contribution in [3.05, 3.63) is 45.4 Å². The van der Waals surface area contributed by atoms with Crippen molar-refractivity contribution in [2.75, 3.05) is 7.11 Å². The molecule has 2 rings (SSSR count). The summed E-state index contributed by atoms with van der Waals surface area (Å²) < 4.78 is 4.92. The van der Waals surface area contributed by atoms with Gasteiger partial charge in [-0.25, -0.2) is 4.79 Å². The minimum atomic E-state index is -0.281. The second-order valence-corrected chi connectivity index (χ2v) is 10.9. The van der Waals surface area contributed by atoms with E-state index in [1.165, 1.54) is 23.2 Å². The van der Waals surface area contributed by atoms with Crippen molar-refractivity contribution < 1.29 is 14.3 Å². The highest BCUT2D eigenvalue weighted by Gasteiger charge is 2.41. The molecule has 0 saturated heterocycles. The number of aryl methyl sites for hydroxylation is 1. The average molecular weight is 431 g/mol. The molecule has 1 aromatic carbocycles. The van der Waals surface area contributed by atoms with Crippen molar-refractivity contribution >= 4 is 23.5 Å². The van der Waals surface area contributed by atoms with E-state index >= 15 is 0 Å². The Kier molecular flexibility index (Phi) is 8.01. The molecule has 4 heteroatoms. The van der Waals surface area contributed by atoms with Crippen molar-refractivity contribution in [1.82, 2.24) is 0 Å². The Labute approximate surface area is 187 Å². The molecule has 1 aliphatic rings. The fraction of sp³-hybridized carbons (Fsp3) is 0.615. The first kappa shape index (κ1) is 24.7. The fourth-order valence-corrected chi connectivity index (χ4v) is 6.38. The lowest BCUT2D eigenvalue weighted by atomic mass is 9.71. The molecule has 1 unspecified atom stereocenters. The highest BCUT2D eigenvalue weighted by Crippen LogP contribution is 2.52. The van der Waals surface area contributed by atoms with Crippen LogP contribution in [-0.2, 0) is 14.9 Å². The monoisotopic (exact) mass is 430 g/mol. The van der Waals surface area contributed by atoms with Gasteiger partial charge in [0.1, 0.15) is 5.78 Å². The molecule has 166 valence electrons. The van der Waals surface area contributed by atoms with Crippen molar-refractivity contribution in [2.24, 2.45) is 5.41 Å². The topological polar surface area (TPSA) is 43.4 Å². The minimum absolute atomic E-state index is 0.0428. The number of methoxy groups -OCH3 is 1. The molecule has 3 nitrogen and oxygen atoms in total. The Morgan fingerprint density at radius 3 is 2.27 bits per heavy atom. The van der Waals surface area contributed by atoms with Crippen LogP contribution in [0.5, 0.6) is 0 Å². The third-order valence-corrected chi connectivity index (χ3v) is 8.49. The second kappa shape index (κ2) is 9.72. The number of hydrogen-bond donors (Lipinski definition) is 0. The number of allylic oxidation sites excluding steroid dienone is 2. The number of hydrogen-bond acceptors (Lipinski definition) is 4. The van der Waals surface area contributed by atoms with Crippen LogP contribution in [0.1, 0.15) is 95.1 Å². The van der Waals surface area contributed by atoms with Gasteiger partial charge in [-0.1, -0.05) is 52.3 Å². The third kappa shape index (κ3) is 5.01. The van der Waals surface area contributed by atoms with Crippen molar-refractivity contribution in [3.63, 3.8) is 0 Å². The molecular weight excluding hydrogens is 392 g/mol. The third-order valence-electron chi connectivity index (χ3n) is 6.75. The molecule has 0 fully saturated rings. The maximum absolute atomic E-state index is 12.4. The molecule has 0 bridgehead atoms. The summed E-state index contributed by atoms with van der Waals surface area (Å²) in [7, 11) is 1.42. The van der Waals surface area contributed by atoms with Crippen LogP contribution in [-0.4, -0.2) is 24.1 Å². The summed E-state index contributed by atoms with van der Waals surface area (Å²) in [4.78, 5) is 25.8. The Morgan fingerprint density at radius 1 is 1.13 bits per heavy atom. The van der Waals surface area contributed by atoms with E-state index in [1.807, 2.05) is 45.5 Å². The smallest absolute Gasteiger partial charge is 0.338 e. The summed E-state index contributed by atoms with van der Waals surface area (Å²) in [6.07, 6.45) is 4.61. The number of ketones is 1. The first-order valence-electron chi connectivity index (χ1n) is 11.1. The van der Waals surface area contributed by atoms with Gasteiger partial charge in [0.05, 0.1) is 12.7 Å². The van der Waals surface area contributed by atoms with E-state index in [9.17, 15) is 9.59 Å². The molecule has 0 aliphatic carbocycles. The van der Waals surface area contributed by atoms with Crippen LogP contribution >= 0.6 is 11.8 Å². The van der Waals surface area contributed by atoms with Gasteiger partial charge in [0.25, 0.3) is 0 Å². The Bertz CT molecular complexity index is 825. The molecular formula is C26H38O3S. The highest BCUT2D eigenvalue weighted by atomic mass is 32.2. The Balaban J connectivity index is 2.26. The van der Waals surface area contributed by atoms with E-state index in [0.717, 1.165) is 31.2 Å². The van der Waals surface area contributed by atoms with Crippen LogP contribution < -0.4 is 0 Å². The van der Waals surface area contributed by atoms with Gasteiger partial charge in [-0.2, -0.15) is 0 Å². The van der Waals surface area contributed by atoms with Gasteiger partial charge in [-0.15, -0.1) is 11.8 Å². The van der Waals surface area contributed by atoms with Crippen LogP contribution in [0.3, 0.4) is 0 Å². The van der Waals surface area contributed by atoms with Crippen LogP contribution in [0.2, 0.25) is 0 Å². The highest BCUT2D eigenvalue weighted by molar-refractivity contribution is 8.04. The summed E-state index contributed by atoms with van der Waals surface area (Å²) in [6.45, 7) is 14.8. The number of carbonyl (C=O) groups is 2. The number of thioether (sulfide) groups is 1. The van der Waals surface area contributed by atoms with Gasteiger partial charge >= 0.3 is 5.97 Å². The van der Waals surface area contributed by atoms with Crippen LogP contribution in [0, 0.1) is 12.3 Å². The molecule has 0 spiro atoms. The SMILES string of the molecule is CCC(CC)(c1ccc(C(=O)OC)c(C)c1)C1CC(C)=C(CCC(=O)C(C)(C)C)S1. The van der Waals surface area contributed by atoms with Crippen molar-refractivity contribution in [2.45, 2.75) is 91.2 Å². The van der Waals surface area contributed by atoms with Gasteiger partial charge in [0, 0.05) is 22.5 Å². The average Bonchev–Trinajstić information content (AvgIpc) is 3.07. The molecule has 1 aliphatic heterocycles. The summed E-state index contributed by atoms with van der Waals surface area (Å²) in [5, 5.41) is 0.454. The van der Waals surface area contributed by atoms with E-state index < -0.39 is 0 Å². The number of esters is 1. The zero-order chi connectivity index (χ0) is 22.7. The maximum atomic E-state index is 12.4. The predicted molar refractivity (Wildman–Crippen MR) is 127 cm³/mol. The molecule has 0 saturated carbocycles. The zero-order valence-electron chi connectivity index (χ0n) is 20.0. The minimum Gasteiger partial charge on any atom is -0.465 e. The maximum Gasteiger partial charge on any atom is 0.338 e. The number of Topliss-reactive ketones (excluding diaryl/α,β-unsaturated/α-hetero) is 1. The lowest BCUT2D eigenvalue weighted by Gasteiger charge is -2.38. The summed E-state index contributed by atoms with van der Waals surface area (Å²) in [6, 6.07) is 6.21. The number of benzene rings is 1.